The van der Waals surface area contributed by atoms with Crippen LogP contribution in [0.15, 0.2) is 18.2 Å². The molecule has 1 aromatic rings. The maximum atomic E-state index is 6.14. The van der Waals surface area contributed by atoms with Gasteiger partial charge in [-0.3, -0.25) is 0 Å². The van der Waals surface area contributed by atoms with E-state index in [1.165, 1.54) is 19.3 Å². The summed E-state index contributed by atoms with van der Waals surface area (Å²) in [6, 6.07) is 6.87. The lowest BCUT2D eigenvalue weighted by molar-refractivity contribution is 0.194. The SMILES string of the molecule is Cc1c(Cl)cccc1NC(=S)N1C(C)CCCC1C. The Morgan fingerprint density at radius 3 is 2.58 bits per heavy atom. The van der Waals surface area contributed by atoms with E-state index in [4.69, 9.17) is 23.8 Å². The van der Waals surface area contributed by atoms with Gasteiger partial charge in [0.1, 0.15) is 0 Å². The summed E-state index contributed by atoms with van der Waals surface area (Å²) in [6.07, 6.45) is 3.71. The summed E-state index contributed by atoms with van der Waals surface area (Å²) in [5.74, 6) is 0. The van der Waals surface area contributed by atoms with Gasteiger partial charge in [-0.15, -0.1) is 0 Å². The van der Waals surface area contributed by atoms with Gasteiger partial charge < -0.3 is 10.2 Å². The molecule has 1 heterocycles. The van der Waals surface area contributed by atoms with Gasteiger partial charge in [-0.2, -0.15) is 0 Å². The molecule has 0 saturated carbocycles. The van der Waals surface area contributed by atoms with Gasteiger partial charge in [0.25, 0.3) is 0 Å². The highest BCUT2D eigenvalue weighted by atomic mass is 35.5. The van der Waals surface area contributed by atoms with Crippen molar-refractivity contribution in [2.24, 2.45) is 0 Å². The van der Waals surface area contributed by atoms with Crippen molar-refractivity contribution in [2.75, 3.05) is 5.32 Å². The Morgan fingerprint density at radius 1 is 1.32 bits per heavy atom. The van der Waals surface area contributed by atoms with Crippen LogP contribution in [0.5, 0.6) is 0 Å². The van der Waals surface area contributed by atoms with E-state index in [1.54, 1.807) is 0 Å². The van der Waals surface area contributed by atoms with Crippen molar-refractivity contribution in [3.05, 3.63) is 28.8 Å². The molecule has 1 aromatic carbocycles. The first kappa shape index (κ1) is 14.6. The number of anilines is 1. The molecule has 0 bridgehead atoms. The van der Waals surface area contributed by atoms with Gasteiger partial charge in [0.15, 0.2) is 5.11 Å². The predicted molar refractivity (Wildman–Crippen MR) is 87.0 cm³/mol. The van der Waals surface area contributed by atoms with Gasteiger partial charge in [-0.1, -0.05) is 17.7 Å². The highest BCUT2D eigenvalue weighted by Crippen LogP contribution is 2.26. The van der Waals surface area contributed by atoms with Crippen molar-refractivity contribution >= 4 is 34.6 Å². The molecule has 0 aliphatic carbocycles. The minimum atomic E-state index is 0.503. The van der Waals surface area contributed by atoms with Gasteiger partial charge >= 0.3 is 0 Å². The second-order valence-corrected chi connectivity index (χ2v) is 6.17. The molecule has 1 aliphatic rings. The van der Waals surface area contributed by atoms with Crippen LogP contribution < -0.4 is 5.32 Å². The van der Waals surface area contributed by atoms with E-state index in [9.17, 15) is 0 Å². The molecule has 0 radical (unpaired) electrons. The standard InChI is InChI=1S/C15H21ClN2S/c1-10-6-4-7-11(2)18(10)15(19)17-14-9-5-8-13(16)12(14)3/h5,8-11H,4,6-7H2,1-3H3,(H,17,19). The predicted octanol–water partition coefficient (Wildman–Crippen LogP) is 4.61. The molecule has 1 fully saturated rings. The van der Waals surface area contributed by atoms with Gasteiger partial charge in [0.05, 0.1) is 0 Å². The Kier molecular flexibility index (Phi) is 4.69. The Balaban J connectivity index is 2.14. The fourth-order valence-electron chi connectivity index (χ4n) is 2.74. The molecule has 2 unspecified atom stereocenters. The average molecular weight is 297 g/mol. The summed E-state index contributed by atoms with van der Waals surface area (Å²) in [6.45, 7) is 6.50. The molecule has 2 nitrogen and oxygen atoms in total. The van der Waals surface area contributed by atoms with Crippen LogP contribution >= 0.6 is 23.8 Å². The second kappa shape index (κ2) is 6.10. The molecule has 104 valence electrons. The number of likely N-dealkylation sites (tertiary alicyclic amines) is 1. The Morgan fingerprint density at radius 2 is 1.95 bits per heavy atom. The van der Waals surface area contributed by atoms with E-state index in [0.29, 0.717) is 12.1 Å². The van der Waals surface area contributed by atoms with Gasteiger partial charge in [-0.05, 0) is 69.9 Å². The van der Waals surface area contributed by atoms with Crippen molar-refractivity contribution in [3.8, 4) is 0 Å². The highest BCUT2D eigenvalue weighted by Gasteiger charge is 2.26. The number of nitrogens with one attached hydrogen (secondary N) is 1. The van der Waals surface area contributed by atoms with Crippen LogP contribution in [0.1, 0.15) is 38.7 Å². The lowest BCUT2D eigenvalue weighted by Crippen LogP contribution is -2.49. The monoisotopic (exact) mass is 296 g/mol. The lowest BCUT2D eigenvalue weighted by Gasteiger charge is -2.41. The summed E-state index contributed by atoms with van der Waals surface area (Å²) < 4.78 is 0. The third kappa shape index (κ3) is 3.21. The number of rotatable bonds is 1. The maximum absolute atomic E-state index is 6.14. The lowest BCUT2D eigenvalue weighted by atomic mass is 9.98. The summed E-state index contributed by atoms with van der Waals surface area (Å²) in [5, 5.41) is 4.94. The number of benzene rings is 1. The summed E-state index contributed by atoms with van der Waals surface area (Å²) >= 11 is 11.7. The van der Waals surface area contributed by atoms with E-state index in [-0.39, 0.29) is 0 Å². The van der Waals surface area contributed by atoms with Gasteiger partial charge in [-0.25, -0.2) is 0 Å². The van der Waals surface area contributed by atoms with Crippen LogP contribution in [0.25, 0.3) is 0 Å². The van der Waals surface area contributed by atoms with E-state index in [0.717, 1.165) is 21.4 Å². The molecule has 1 saturated heterocycles. The number of nitrogens with zero attached hydrogens (tertiary/aromatic N) is 1. The summed E-state index contributed by atoms with van der Waals surface area (Å²) in [5.41, 5.74) is 2.05. The van der Waals surface area contributed by atoms with E-state index in [2.05, 4.69) is 24.1 Å². The van der Waals surface area contributed by atoms with E-state index >= 15 is 0 Å². The zero-order chi connectivity index (χ0) is 14.0. The fourth-order valence-corrected chi connectivity index (χ4v) is 3.39. The minimum Gasteiger partial charge on any atom is -0.344 e. The zero-order valence-corrected chi connectivity index (χ0v) is 13.3. The fraction of sp³-hybridized carbons (Fsp3) is 0.533. The van der Waals surface area contributed by atoms with E-state index < -0.39 is 0 Å². The Bertz CT molecular complexity index is 465. The molecule has 19 heavy (non-hydrogen) atoms. The smallest absolute Gasteiger partial charge is 0.173 e. The largest absolute Gasteiger partial charge is 0.344 e. The normalized spacial score (nSPS) is 23.3. The van der Waals surface area contributed by atoms with Crippen molar-refractivity contribution in [1.29, 1.82) is 0 Å². The molecular weight excluding hydrogens is 276 g/mol. The molecule has 0 aromatic heterocycles. The molecule has 2 atom stereocenters. The number of hydrogen-bond donors (Lipinski definition) is 1. The van der Waals surface area contributed by atoms with Crippen molar-refractivity contribution in [1.82, 2.24) is 4.90 Å². The number of piperidine rings is 1. The second-order valence-electron chi connectivity index (χ2n) is 5.38. The maximum Gasteiger partial charge on any atom is 0.173 e. The van der Waals surface area contributed by atoms with Crippen LogP contribution in [0.4, 0.5) is 5.69 Å². The van der Waals surface area contributed by atoms with Crippen molar-refractivity contribution in [2.45, 2.75) is 52.1 Å². The molecule has 0 spiro atoms. The number of hydrogen-bond acceptors (Lipinski definition) is 1. The van der Waals surface area contributed by atoms with Crippen molar-refractivity contribution < 1.29 is 0 Å². The van der Waals surface area contributed by atoms with Crippen LogP contribution in [0.3, 0.4) is 0 Å². The number of thiocarbonyl (C=S) groups is 1. The first-order chi connectivity index (χ1) is 9.00. The minimum absolute atomic E-state index is 0.503. The van der Waals surface area contributed by atoms with Crippen LogP contribution in [0.2, 0.25) is 5.02 Å². The molecule has 1 aliphatic heterocycles. The molecule has 0 amide bonds. The van der Waals surface area contributed by atoms with Gasteiger partial charge in [0.2, 0.25) is 0 Å². The molecule has 4 heteroatoms. The first-order valence-corrected chi connectivity index (χ1v) is 7.63. The third-order valence-electron chi connectivity index (χ3n) is 3.94. The summed E-state index contributed by atoms with van der Waals surface area (Å²) in [4.78, 5) is 2.32. The van der Waals surface area contributed by atoms with Gasteiger partial charge in [0, 0.05) is 22.8 Å². The summed E-state index contributed by atoms with van der Waals surface area (Å²) in [7, 11) is 0. The van der Waals surface area contributed by atoms with Crippen LogP contribution in [0, 0.1) is 6.92 Å². The quantitative estimate of drug-likeness (QED) is 0.762. The molecular formula is C15H21ClN2S. The number of halogens is 1. The Hall–Kier alpha value is -0.800. The van der Waals surface area contributed by atoms with Crippen LogP contribution in [-0.2, 0) is 0 Å². The third-order valence-corrected chi connectivity index (χ3v) is 4.66. The highest BCUT2D eigenvalue weighted by molar-refractivity contribution is 7.80. The Labute approximate surface area is 126 Å². The van der Waals surface area contributed by atoms with Crippen molar-refractivity contribution in [3.63, 3.8) is 0 Å². The zero-order valence-electron chi connectivity index (χ0n) is 11.7. The van der Waals surface area contributed by atoms with Crippen LogP contribution in [-0.4, -0.2) is 22.1 Å². The molecule has 2 rings (SSSR count). The molecule has 1 N–H and O–H groups in total. The topological polar surface area (TPSA) is 15.3 Å². The average Bonchev–Trinajstić information content (AvgIpc) is 2.35. The first-order valence-electron chi connectivity index (χ1n) is 6.85. The van der Waals surface area contributed by atoms with E-state index in [1.807, 2.05) is 25.1 Å².